The monoisotopic (exact) mass is 207 g/mol. The Bertz CT molecular complexity index is 306. The Morgan fingerprint density at radius 2 is 2.07 bits per heavy atom. The molecule has 1 heterocycles. The summed E-state index contributed by atoms with van der Waals surface area (Å²) in [6.07, 6.45) is 0.222. The molecule has 0 bridgehead atoms. The van der Waals surface area contributed by atoms with Crippen molar-refractivity contribution in [2.75, 3.05) is 19.8 Å². The molecule has 1 aliphatic rings. The summed E-state index contributed by atoms with van der Waals surface area (Å²) in [7, 11) is 0. The lowest BCUT2D eigenvalue weighted by atomic mass is 10.1. The summed E-state index contributed by atoms with van der Waals surface area (Å²) in [4.78, 5) is 0. The van der Waals surface area contributed by atoms with Gasteiger partial charge in [-0.1, -0.05) is 29.8 Å². The first-order valence-electron chi connectivity index (χ1n) is 5.29. The van der Waals surface area contributed by atoms with E-state index in [2.05, 4.69) is 31.2 Å². The Hall–Kier alpha value is -0.900. The van der Waals surface area contributed by atoms with Gasteiger partial charge >= 0.3 is 0 Å². The Morgan fingerprint density at radius 3 is 2.53 bits per heavy atom. The van der Waals surface area contributed by atoms with Crippen molar-refractivity contribution >= 4 is 0 Å². The summed E-state index contributed by atoms with van der Waals surface area (Å²) in [5, 5.41) is 0. The molecule has 82 valence electrons. The summed E-state index contributed by atoms with van der Waals surface area (Å²) in [5.41, 5.74) is 8.10. The second-order valence-corrected chi connectivity index (χ2v) is 3.93. The maximum Gasteiger partial charge on any atom is 0.105 e. The summed E-state index contributed by atoms with van der Waals surface area (Å²) in [5.74, 6) is 0. The fourth-order valence-electron chi connectivity index (χ4n) is 1.58. The molecule has 1 unspecified atom stereocenters. The van der Waals surface area contributed by atoms with Crippen LogP contribution < -0.4 is 5.73 Å². The van der Waals surface area contributed by atoms with Gasteiger partial charge in [0.25, 0.3) is 0 Å². The average Bonchev–Trinajstić information content (AvgIpc) is 2.19. The van der Waals surface area contributed by atoms with Gasteiger partial charge in [-0.3, -0.25) is 0 Å². The van der Waals surface area contributed by atoms with Crippen LogP contribution in [0.25, 0.3) is 0 Å². The SMILES string of the molecule is Cc1ccc(C(CN)OC2COC2)cc1. The lowest BCUT2D eigenvalue weighted by Crippen LogP contribution is -2.38. The second-order valence-electron chi connectivity index (χ2n) is 3.93. The van der Waals surface area contributed by atoms with Crippen molar-refractivity contribution in [3.05, 3.63) is 35.4 Å². The van der Waals surface area contributed by atoms with Crippen molar-refractivity contribution in [2.45, 2.75) is 19.1 Å². The fourth-order valence-corrected chi connectivity index (χ4v) is 1.58. The molecule has 1 saturated heterocycles. The highest BCUT2D eigenvalue weighted by Gasteiger charge is 2.23. The molecule has 0 spiro atoms. The van der Waals surface area contributed by atoms with E-state index < -0.39 is 0 Å². The third-order valence-corrected chi connectivity index (χ3v) is 2.63. The molecule has 2 N–H and O–H groups in total. The van der Waals surface area contributed by atoms with E-state index in [9.17, 15) is 0 Å². The first kappa shape index (κ1) is 10.6. The molecule has 1 fully saturated rings. The number of ether oxygens (including phenoxy) is 2. The zero-order valence-electron chi connectivity index (χ0n) is 8.98. The van der Waals surface area contributed by atoms with Crippen molar-refractivity contribution in [3.8, 4) is 0 Å². The average molecular weight is 207 g/mol. The molecule has 1 atom stereocenters. The zero-order chi connectivity index (χ0) is 10.7. The van der Waals surface area contributed by atoms with Crippen LogP contribution in [-0.4, -0.2) is 25.9 Å². The Kier molecular flexibility index (Phi) is 3.36. The molecule has 0 aliphatic carbocycles. The molecule has 1 aromatic carbocycles. The van der Waals surface area contributed by atoms with Crippen LogP contribution in [0.2, 0.25) is 0 Å². The molecule has 2 rings (SSSR count). The van der Waals surface area contributed by atoms with Crippen LogP contribution in [0.15, 0.2) is 24.3 Å². The van der Waals surface area contributed by atoms with Crippen molar-refractivity contribution in [1.29, 1.82) is 0 Å². The van der Waals surface area contributed by atoms with Gasteiger partial charge in [0, 0.05) is 6.54 Å². The Labute approximate surface area is 90.2 Å². The number of benzene rings is 1. The predicted octanol–water partition coefficient (Wildman–Crippen LogP) is 1.41. The third-order valence-electron chi connectivity index (χ3n) is 2.63. The molecule has 0 aromatic heterocycles. The van der Waals surface area contributed by atoms with Crippen LogP contribution >= 0.6 is 0 Å². The molecule has 1 aromatic rings. The van der Waals surface area contributed by atoms with Crippen LogP contribution in [0, 0.1) is 6.92 Å². The van der Waals surface area contributed by atoms with Crippen molar-refractivity contribution in [2.24, 2.45) is 5.73 Å². The summed E-state index contributed by atoms with van der Waals surface area (Å²) >= 11 is 0. The second kappa shape index (κ2) is 4.75. The van der Waals surface area contributed by atoms with Gasteiger partial charge in [-0.25, -0.2) is 0 Å². The number of aryl methyl sites for hydroxylation is 1. The van der Waals surface area contributed by atoms with Gasteiger partial charge in [0.05, 0.1) is 19.3 Å². The molecule has 15 heavy (non-hydrogen) atoms. The largest absolute Gasteiger partial charge is 0.376 e. The zero-order valence-corrected chi connectivity index (χ0v) is 8.98. The van der Waals surface area contributed by atoms with Gasteiger partial charge in [0.15, 0.2) is 0 Å². The third kappa shape index (κ3) is 2.56. The fraction of sp³-hybridized carbons (Fsp3) is 0.500. The first-order valence-corrected chi connectivity index (χ1v) is 5.29. The molecular formula is C12H17NO2. The number of nitrogens with two attached hydrogens (primary N) is 1. The maximum atomic E-state index is 5.81. The van der Waals surface area contributed by atoms with E-state index in [1.807, 2.05) is 0 Å². The molecule has 0 saturated carbocycles. The minimum Gasteiger partial charge on any atom is -0.376 e. The molecule has 3 nitrogen and oxygen atoms in total. The van der Waals surface area contributed by atoms with Crippen LogP contribution in [0.3, 0.4) is 0 Å². The highest BCUT2D eigenvalue weighted by atomic mass is 16.6. The molecule has 0 amide bonds. The lowest BCUT2D eigenvalue weighted by Gasteiger charge is -2.30. The van der Waals surface area contributed by atoms with Crippen molar-refractivity contribution < 1.29 is 9.47 Å². The van der Waals surface area contributed by atoms with E-state index in [1.165, 1.54) is 5.56 Å². The van der Waals surface area contributed by atoms with Gasteiger partial charge in [0.1, 0.15) is 6.10 Å². The minimum absolute atomic E-state index is 0.000463. The number of hydrogen-bond donors (Lipinski definition) is 1. The summed E-state index contributed by atoms with van der Waals surface area (Å²) in [6, 6.07) is 8.32. The quantitative estimate of drug-likeness (QED) is 0.812. The van der Waals surface area contributed by atoms with Crippen LogP contribution in [0.4, 0.5) is 0 Å². The van der Waals surface area contributed by atoms with Crippen LogP contribution in [0.1, 0.15) is 17.2 Å². The van der Waals surface area contributed by atoms with Crippen molar-refractivity contribution in [3.63, 3.8) is 0 Å². The summed E-state index contributed by atoms with van der Waals surface area (Å²) < 4.78 is 10.9. The molecule has 1 aliphatic heterocycles. The standard InChI is InChI=1S/C12H17NO2/c1-9-2-4-10(5-3-9)12(6-13)15-11-7-14-8-11/h2-5,11-12H,6-8,13H2,1H3. The predicted molar refractivity (Wildman–Crippen MR) is 58.7 cm³/mol. The van der Waals surface area contributed by atoms with E-state index in [4.69, 9.17) is 15.2 Å². The molecular weight excluding hydrogens is 190 g/mol. The minimum atomic E-state index is -0.000463. The lowest BCUT2D eigenvalue weighted by molar-refractivity contribution is -0.153. The van der Waals surface area contributed by atoms with Gasteiger partial charge in [-0.15, -0.1) is 0 Å². The normalized spacial score (nSPS) is 18.5. The van der Waals surface area contributed by atoms with Gasteiger partial charge in [0.2, 0.25) is 0 Å². The first-order chi connectivity index (χ1) is 7.29. The van der Waals surface area contributed by atoms with E-state index >= 15 is 0 Å². The number of hydrogen-bond acceptors (Lipinski definition) is 3. The van der Waals surface area contributed by atoms with Crippen molar-refractivity contribution in [1.82, 2.24) is 0 Å². The van der Waals surface area contributed by atoms with E-state index in [-0.39, 0.29) is 12.2 Å². The van der Waals surface area contributed by atoms with Crippen LogP contribution in [-0.2, 0) is 9.47 Å². The smallest absolute Gasteiger partial charge is 0.105 e. The topological polar surface area (TPSA) is 44.5 Å². The van der Waals surface area contributed by atoms with Gasteiger partial charge in [-0.2, -0.15) is 0 Å². The highest BCUT2D eigenvalue weighted by Crippen LogP contribution is 2.21. The highest BCUT2D eigenvalue weighted by molar-refractivity contribution is 5.23. The Morgan fingerprint density at radius 1 is 1.40 bits per heavy atom. The Balaban J connectivity index is 2.01. The molecule has 3 heteroatoms. The molecule has 0 radical (unpaired) electrons. The maximum absolute atomic E-state index is 5.81. The van der Waals surface area contributed by atoms with Crippen LogP contribution in [0.5, 0.6) is 0 Å². The van der Waals surface area contributed by atoms with Gasteiger partial charge < -0.3 is 15.2 Å². The van der Waals surface area contributed by atoms with E-state index in [0.29, 0.717) is 19.8 Å². The summed E-state index contributed by atoms with van der Waals surface area (Å²) in [6.45, 7) is 3.98. The van der Waals surface area contributed by atoms with E-state index in [1.54, 1.807) is 0 Å². The van der Waals surface area contributed by atoms with Gasteiger partial charge in [-0.05, 0) is 12.5 Å². The van der Waals surface area contributed by atoms with E-state index in [0.717, 1.165) is 5.56 Å². The number of rotatable bonds is 4.